The third-order valence-corrected chi connectivity index (χ3v) is 5.04. The van der Waals surface area contributed by atoms with Crippen LogP contribution in [0.3, 0.4) is 0 Å². The van der Waals surface area contributed by atoms with E-state index in [0.29, 0.717) is 21.9 Å². The number of imidazole rings is 2. The molecule has 0 spiro atoms. The van der Waals surface area contributed by atoms with Crippen LogP contribution in [0.2, 0.25) is 0 Å². The summed E-state index contributed by atoms with van der Waals surface area (Å²) in [6.45, 7) is 3.85. The monoisotopic (exact) mass is 367 g/mol. The van der Waals surface area contributed by atoms with Gasteiger partial charge in [0.15, 0.2) is 5.16 Å². The lowest BCUT2D eigenvalue weighted by molar-refractivity contribution is -0.115. The maximum Gasteiger partial charge on any atom is 0.323 e. The number of thioether (sulfide) groups is 1. The Labute approximate surface area is 152 Å². The Morgan fingerprint density at radius 3 is 2.73 bits per heavy atom. The Balaban J connectivity index is 1.48. The number of benzene rings is 2. The van der Waals surface area contributed by atoms with Crippen molar-refractivity contribution in [3.63, 3.8) is 0 Å². The molecule has 1 atom stereocenters. The lowest BCUT2D eigenvalue weighted by Gasteiger charge is -2.10. The van der Waals surface area contributed by atoms with Gasteiger partial charge in [-0.25, -0.2) is 9.78 Å². The Morgan fingerprint density at radius 1 is 1.08 bits per heavy atom. The second-order valence-electron chi connectivity index (χ2n) is 6.15. The van der Waals surface area contributed by atoms with E-state index in [1.165, 1.54) is 11.8 Å². The zero-order chi connectivity index (χ0) is 18.3. The number of hydrogen-bond acceptors (Lipinski definition) is 4. The Bertz CT molecular complexity index is 1170. The largest absolute Gasteiger partial charge is 0.333 e. The molecule has 0 saturated heterocycles. The Morgan fingerprint density at radius 2 is 1.88 bits per heavy atom. The zero-order valence-electron chi connectivity index (χ0n) is 14.2. The van der Waals surface area contributed by atoms with Crippen LogP contribution in [-0.4, -0.2) is 31.1 Å². The first-order valence-electron chi connectivity index (χ1n) is 8.14. The predicted molar refractivity (Wildman–Crippen MR) is 104 cm³/mol. The summed E-state index contributed by atoms with van der Waals surface area (Å²) >= 11 is 1.37. The summed E-state index contributed by atoms with van der Waals surface area (Å²) in [6, 6.07) is 11.2. The molecule has 0 aliphatic rings. The molecule has 132 valence electrons. The van der Waals surface area contributed by atoms with Crippen molar-refractivity contribution >= 4 is 45.4 Å². The summed E-state index contributed by atoms with van der Waals surface area (Å²) in [5, 5.41) is 3.24. The summed E-state index contributed by atoms with van der Waals surface area (Å²) in [6.07, 6.45) is 0. The van der Waals surface area contributed by atoms with Crippen LogP contribution in [0.5, 0.6) is 0 Å². The summed E-state index contributed by atoms with van der Waals surface area (Å²) in [4.78, 5) is 36.9. The van der Waals surface area contributed by atoms with Crippen LogP contribution in [0.25, 0.3) is 22.1 Å². The number of nitrogens with zero attached hydrogens (tertiary/aromatic N) is 1. The van der Waals surface area contributed by atoms with Crippen LogP contribution >= 0.6 is 11.8 Å². The zero-order valence-corrected chi connectivity index (χ0v) is 15.0. The van der Waals surface area contributed by atoms with E-state index in [1.54, 1.807) is 18.2 Å². The van der Waals surface area contributed by atoms with Crippen molar-refractivity contribution in [1.29, 1.82) is 0 Å². The molecule has 0 bridgehead atoms. The van der Waals surface area contributed by atoms with Crippen LogP contribution < -0.4 is 11.0 Å². The smallest absolute Gasteiger partial charge is 0.323 e. The van der Waals surface area contributed by atoms with Crippen LogP contribution in [0.4, 0.5) is 5.69 Å². The van der Waals surface area contributed by atoms with E-state index < -0.39 is 0 Å². The molecule has 4 N–H and O–H groups in total. The van der Waals surface area contributed by atoms with Gasteiger partial charge in [0.2, 0.25) is 5.91 Å². The standard InChI is InChI=1S/C18H17N5O2S/c1-9-3-5-13-14(7-9)23-18(22-13)26-10(2)16(24)19-11-4-6-12-15(8-11)21-17(25)20-12/h3-8,10H,1-2H3,(H,19,24)(H,22,23)(H2,20,21,25)/t10-/m0/s1. The first-order chi connectivity index (χ1) is 12.5. The molecule has 0 unspecified atom stereocenters. The van der Waals surface area contributed by atoms with Crippen molar-refractivity contribution in [2.45, 2.75) is 24.3 Å². The van der Waals surface area contributed by atoms with Crippen molar-refractivity contribution in [2.24, 2.45) is 0 Å². The number of amides is 1. The van der Waals surface area contributed by atoms with Crippen molar-refractivity contribution in [1.82, 2.24) is 19.9 Å². The number of H-pyrrole nitrogens is 3. The number of hydrogen-bond donors (Lipinski definition) is 4. The number of carbonyl (C=O) groups is 1. The van der Waals surface area contributed by atoms with E-state index in [2.05, 4.69) is 25.3 Å². The molecule has 0 saturated carbocycles. The summed E-state index contributed by atoms with van der Waals surface area (Å²) in [5.74, 6) is -0.135. The first kappa shape index (κ1) is 16.5. The quantitative estimate of drug-likeness (QED) is 0.416. The Kier molecular flexibility index (Phi) is 4.04. The highest BCUT2D eigenvalue weighted by Crippen LogP contribution is 2.25. The van der Waals surface area contributed by atoms with E-state index in [-0.39, 0.29) is 16.8 Å². The fourth-order valence-corrected chi connectivity index (χ4v) is 3.55. The topological polar surface area (TPSA) is 106 Å². The van der Waals surface area contributed by atoms with Crippen LogP contribution in [-0.2, 0) is 4.79 Å². The molecule has 2 aromatic carbocycles. The van der Waals surface area contributed by atoms with Gasteiger partial charge in [0.1, 0.15) is 0 Å². The van der Waals surface area contributed by atoms with Gasteiger partial charge in [-0.05, 0) is 49.7 Å². The van der Waals surface area contributed by atoms with Gasteiger partial charge in [0, 0.05) is 5.69 Å². The van der Waals surface area contributed by atoms with Gasteiger partial charge < -0.3 is 20.3 Å². The summed E-state index contributed by atoms with van der Waals surface area (Å²) in [5.41, 5.74) is 4.71. The van der Waals surface area contributed by atoms with Gasteiger partial charge in [-0.1, -0.05) is 17.8 Å². The van der Waals surface area contributed by atoms with Crippen LogP contribution in [0.15, 0.2) is 46.3 Å². The highest BCUT2D eigenvalue weighted by Gasteiger charge is 2.17. The average molecular weight is 367 g/mol. The minimum absolute atomic E-state index is 0.135. The second kappa shape index (κ2) is 6.38. The molecule has 7 nitrogen and oxygen atoms in total. The number of aromatic nitrogens is 4. The molecule has 4 aromatic rings. The Hall–Kier alpha value is -3.00. The number of fused-ring (bicyclic) bond motifs is 2. The number of nitrogens with one attached hydrogen (secondary N) is 4. The minimum Gasteiger partial charge on any atom is -0.333 e. The molecule has 0 radical (unpaired) electrons. The van der Waals surface area contributed by atoms with Crippen molar-refractivity contribution < 1.29 is 4.79 Å². The second-order valence-corrected chi connectivity index (χ2v) is 7.48. The molecular weight excluding hydrogens is 350 g/mol. The van der Waals surface area contributed by atoms with Crippen molar-refractivity contribution in [3.8, 4) is 0 Å². The molecule has 0 aliphatic carbocycles. The van der Waals surface area contributed by atoms with Gasteiger partial charge in [-0.3, -0.25) is 4.79 Å². The molecule has 0 fully saturated rings. The lowest BCUT2D eigenvalue weighted by atomic mass is 10.2. The fraction of sp³-hybridized carbons (Fsp3) is 0.167. The van der Waals surface area contributed by atoms with Crippen molar-refractivity contribution in [3.05, 3.63) is 52.4 Å². The minimum atomic E-state index is -0.336. The highest BCUT2D eigenvalue weighted by atomic mass is 32.2. The number of rotatable bonds is 4. The molecule has 2 heterocycles. The van der Waals surface area contributed by atoms with E-state index in [1.807, 2.05) is 32.0 Å². The number of carbonyl (C=O) groups excluding carboxylic acids is 1. The van der Waals surface area contributed by atoms with E-state index >= 15 is 0 Å². The molecule has 26 heavy (non-hydrogen) atoms. The van der Waals surface area contributed by atoms with Crippen LogP contribution in [0.1, 0.15) is 12.5 Å². The van der Waals surface area contributed by atoms with E-state index in [9.17, 15) is 9.59 Å². The lowest BCUT2D eigenvalue weighted by Crippen LogP contribution is -2.22. The highest BCUT2D eigenvalue weighted by molar-refractivity contribution is 8.00. The average Bonchev–Trinajstić information content (AvgIpc) is 3.15. The molecular formula is C18H17N5O2S. The maximum atomic E-state index is 12.5. The van der Waals surface area contributed by atoms with Gasteiger partial charge in [0.25, 0.3) is 0 Å². The molecule has 2 aromatic heterocycles. The number of anilines is 1. The normalized spacial score (nSPS) is 12.5. The van der Waals surface area contributed by atoms with Gasteiger partial charge in [0.05, 0.1) is 27.3 Å². The number of aryl methyl sites for hydroxylation is 1. The van der Waals surface area contributed by atoms with Gasteiger partial charge >= 0.3 is 5.69 Å². The molecule has 0 aliphatic heterocycles. The fourth-order valence-electron chi connectivity index (χ4n) is 2.73. The van der Waals surface area contributed by atoms with Gasteiger partial charge in [-0.15, -0.1) is 0 Å². The molecule has 1 amide bonds. The summed E-state index contributed by atoms with van der Waals surface area (Å²) in [7, 11) is 0. The summed E-state index contributed by atoms with van der Waals surface area (Å²) < 4.78 is 0. The van der Waals surface area contributed by atoms with Crippen LogP contribution in [0, 0.1) is 6.92 Å². The molecule has 8 heteroatoms. The first-order valence-corrected chi connectivity index (χ1v) is 9.02. The van der Waals surface area contributed by atoms with E-state index in [4.69, 9.17) is 0 Å². The van der Waals surface area contributed by atoms with Gasteiger partial charge in [-0.2, -0.15) is 0 Å². The third-order valence-electron chi connectivity index (χ3n) is 4.06. The van der Waals surface area contributed by atoms with E-state index in [0.717, 1.165) is 16.6 Å². The van der Waals surface area contributed by atoms with Crippen molar-refractivity contribution in [2.75, 3.05) is 5.32 Å². The predicted octanol–water partition coefficient (Wildman–Crippen LogP) is 3.16. The number of aromatic amines is 3. The maximum absolute atomic E-state index is 12.5. The SMILES string of the molecule is Cc1ccc2nc(S[C@@H](C)C(=O)Nc3ccc4[nH]c(=O)[nH]c4c3)[nH]c2c1. The molecule has 4 rings (SSSR count). The third kappa shape index (κ3) is 3.23.